The Labute approximate surface area is 182 Å². The average molecular weight is 430 g/mol. The zero-order chi connectivity index (χ0) is 22.2. The Morgan fingerprint density at radius 2 is 1.76 bits per heavy atom. The highest BCUT2D eigenvalue weighted by Gasteiger charge is 2.23. The fourth-order valence-electron chi connectivity index (χ4n) is 3.94. The highest BCUT2D eigenvalue weighted by Crippen LogP contribution is 2.33. The van der Waals surface area contributed by atoms with Crippen molar-refractivity contribution in [2.24, 2.45) is 11.8 Å². The summed E-state index contributed by atoms with van der Waals surface area (Å²) < 4.78 is 0. The Kier molecular flexibility index (Phi) is 16.4. The van der Waals surface area contributed by atoms with Crippen LogP contribution in [-0.4, -0.2) is 39.8 Å². The molecule has 1 rings (SSSR count). The molecule has 1 fully saturated rings. The number of Topliss-reactive ketones (excluding diaryl/α,β-unsaturated/α-hetero) is 1. The van der Waals surface area contributed by atoms with E-state index in [0.717, 1.165) is 50.2 Å². The summed E-state index contributed by atoms with van der Waals surface area (Å²) in [5, 5.41) is 10.9. The molecule has 2 N–H and O–H groups in total. The number of thioether (sulfide) groups is 1. The maximum absolute atomic E-state index is 12.4. The maximum Gasteiger partial charge on any atom is 0.300 e. The van der Waals surface area contributed by atoms with Crippen molar-refractivity contribution in [1.82, 2.24) is 5.32 Å². The second kappa shape index (κ2) is 16.9. The predicted molar refractivity (Wildman–Crippen MR) is 122 cm³/mol. The highest BCUT2D eigenvalue weighted by atomic mass is 32.2. The third-order valence-electron chi connectivity index (χ3n) is 5.62. The number of unbranched alkanes of at least 4 members (excludes halogenated alkanes) is 1. The minimum absolute atomic E-state index is 0.176. The van der Waals surface area contributed by atoms with Crippen LogP contribution in [0.4, 0.5) is 0 Å². The molecule has 5 nitrogen and oxygen atoms in total. The van der Waals surface area contributed by atoms with Gasteiger partial charge in [-0.1, -0.05) is 77.5 Å². The van der Waals surface area contributed by atoms with Crippen LogP contribution in [0.2, 0.25) is 0 Å². The molecule has 4 unspecified atom stereocenters. The summed E-state index contributed by atoms with van der Waals surface area (Å²) in [6.45, 7) is 9.46. The van der Waals surface area contributed by atoms with E-state index in [1.807, 2.05) is 13.8 Å². The summed E-state index contributed by atoms with van der Waals surface area (Å²) in [5.41, 5.74) is 0. The van der Waals surface area contributed by atoms with Crippen molar-refractivity contribution in [3.63, 3.8) is 0 Å². The fraction of sp³-hybridized carbons (Fsp3) is 0.870. The number of carboxylic acid groups (broad SMARTS) is 1. The molecule has 1 aliphatic rings. The van der Waals surface area contributed by atoms with Crippen molar-refractivity contribution in [3.05, 3.63) is 0 Å². The SMILES string of the molecule is CC(=O)O.CCCC(NC(C)C(=O)CCCCC1CCCCC1C)C(=O)SCC. The molecule has 0 radical (unpaired) electrons. The van der Waals surface area contributed by atoms with E-state index in [0.29, 0.717) is 6.42 Å². The van der Waals surface area contributed by atoms with Gasteiger partial charge in [-0.3, -0.25) is 19.7 Å². The van der Waals surface area contributed by atoms with E-state index in [4.69, 9.17) is 9.90 Å². The van der Waals surface area contributed by atoms with Crippen molar-refractivity contribution >= 4 is 28.6 Å². The Hall–Kier alpha value is -0.880. The van der Waals surface area contributed by atoms with E-state index >= 15 is 0 Å². The molecule has 0 aromatic carbocycles. The van der Waals surface area contributed by atoms with Crippen LogP contribution < -0.4 is 5.32 Å². The van der Waals surface area contributed by atoms with Gasteiger partial charge in [0.25, 0.3) is 5.97 Å². The first-order valence-corrected chi connectivity index (χ1v) is 12.4. The number of hydrogen-bond acceptors (Lipinski definition) is 5. The van der Waals surface area contributed by atoms with Crippen molar-refractivity contribution < 1.29 is 19.5 Å². The zero-order valence-corrected chi connectivity index (χ0v) is 20.0. The van der Waals surface area contributed by atoms with Gasteiger partial charge in [0.1, 0.15) is 5.78 Å². The molecule has 1 aliphatic carbocycles. The van der Waals surface area contributed by atoms with Gasteiger partial charge < -0.3 is 5.11 Å². The van der Waals surface area contributed by atoms with E-state index < -0.39 is 5.97 Å². The van der Waals surface area contributed by atoms with Crippen LogP contribution >= 0.6 is 11.8 Å². The number of nitrogens with one attached hydrogen (secondary N) is 1. The van der Waals surface area contributed by atoms with Gasteiger partial charge in [-0.05, 0) is 37.4 Å². The molecule has 0 spiro atoms. The average Bonchev–Trinajstić information content (AvgIpc) is 2.65. The minimum atomic E-state index is -0.833. The number of aliphatic carboxylic acids is 1. The van der Waals surface area contributed by atoms with E-state index in [-0.39, 0.29) is 23.0 Å². The number of rotatable bonds is 12. The number of carboxylic acids is 1. The molecule has 0 aromatic heterocycles. The molecule has 6 heteroatoms. The van der Waals surface area contributed by atoms with Crippen LogP contribution in [0, 0.1) is 11.8 Å². The molecule has 0 bridgehead atoms. The van der Waals surface area contributed by atoms with Crippen LogP contribution in [0.15, 0.2) is 0 Å². The number of carbonyl (C=O) groups is 3. The first-order chi connectivity index (χ1) is 13.7. The first kappa shape index (κ1) is 28.1. The topological polar surface area (TPSA) is 83.5 Å². The van der Waals surface area contributed by atoms with Crippen molar-refractivity contribution in [2.75, 3.05) is 5.75 Å². The Morgan fingerprint density at radius 1 is 1.14 bits per heavy atom. The summed E-state index contributed by atoms with van der Waals surface area (Å²) >= 11 is 1.36. The summed E-state index contributed by atoms with van der Waals surface area (Å²) in [6.07, 6.45) is 11.4. The molecule has 29 heavy (non-hydrogen) atoms. The minimum Gasteiger partial charge on any atom is -0.481 e. The summed E-state index contributed by atoms with van der Waals surface area (Å²) in [6, 6.07) is -0.399. The monoisotopic (exact) mass is 429 g/mol. The molecule has 1 saturated carbocycles. The second-order valence-corrected chi connectivity index (χ2v) is 9.50. The quantitative estimate of drug-likeness (QED) is 0.401. The second-order valence-electron chi connectivity index (χ2n) is 8.23. The smallest absolute Gasteiger partial charge is 0.300 e. The summed E-state index contributed by atoms with van der Waals surface area (Å²) in [4.78, 5) is 33.5. The number of carbonyl (C=O) groups excluding carboxylic acids is 2. The van der Waals surface area contributed by atoms with Gasteiger partial charge in [-0.15, -0.1) is 0 Å². The first-order valence-electron chi connectivity index (χ1n) is 11.4. The van der Waals surface area contributed by atoms with E-state index in [9.17, 15) is 9.59 Å². The van der Waals surface area contributed by atoms with Crippen LogP contribution in [0.1, 0.15) is 98.8 Å². The molecule has 4 atom stereocenters. The van der Waals surface area contributed by atoms with Gasteiger partial charge in [-0.25, -0.2) is 0 Å². The Morgan fingerprint density at radius 3 is 2.31 bits per heavy atom. The standard InChI is InChI=1S/C21H39NO2S.C2H4O2/c1-5-11-19(21(24)25-6-2)22-17(4)20(23)15-10-9-14-18-13-8-7-12-16(18)3;1-2(3)4/h16-19,22H,5-15H2,1-4H3;1H3,(H,3,4). The predicted octanol–water partition coefficient (Wildman–Crippen LogP) is 5.46. The lowest BCUT2D eigenvalue weighted by Crippen LogP contribution is -2.44. The lowest BCUT2D eigenvalue weighted by Gasteiger charge is -2.28. The van der Waals surface area contributed by atoms with Gasteiger partial charge in [0.15, 0.2) is 0 Å². The summed E-state index contributed by atoms with van der Waals surface area (Å²) in [7, 11) is 0. The molecule has 0 amide bonds. The molecule has 0 aromatic rings. The fourth-order valence-corrected chi connectivity index (χ4v) is 4.61. The summed E-state index contributed by atoms with van der Waals surface area (Å²) in [5.74, 6) is 1.95. The van der Waals surface area contributed by atoms with Crippen LogP contribution in [0.3, 0.4) is 0 Å². The zero-order valence-electron chi connectivity index (χ0n) is 19.2. The molecular weight excluding hydrogens is 386 g/mol. The van der Waals surface area contributed by atoms with E-state index in [1.54, 1.807) is 0 Å². The molecule has 170 valence electrons. The van der Waals surface area contributed by atoms with Crippen LogP contribution in [-0.2, 0) is 14.4 Å². The van der Waals surface area contributed by atoms with Gasteiger partial charge in [0, 0.05) is 13.3 Å². The van der Waals surface area contributed by atoms with Crippen molar-refractivity contribution in [1.29, 1.82) is 0 Å². The van der Waals surface area contributed by atoms with Crippen LogP contribution in [0.25, 0.3) is 0 Å². The molecule has 0 aliphatic heterocycles. The normalized spacial score (nSPS) is 20.9. The largest absolute Gasteiger partial charge is 0.481 e. The Balaban J connectivity index is 0.00000178. The molecule has 0 saturated heterocycles. The van der Waals surface area contributed by atoms with Gasteiger partial charge in [0.05, 0.1) is 12.1 Å². The maximum atomic E-state index is 12.4. The van der Waals surface area contributed by atoms with Crippen molar-refractivity contribution in [2.45, 2.75) is 111 Å². The third-order valence-corrected chi connectivity index (χ3v) is 6.48. The lowest BCUT2D eigenvalue weighted by molar-refractivity contribution is -0.134. The third kappa shape index (κ3) is 13.9. The van der Waals surface area contributed by atoms with E-state index in [1.165, 1.54) is 43.9 Å². The van der Waals surface area contributed by atoms with E-state index in [2.05, 4.69) is 19.2 Å². The van der Waals surface area contributed by atoms with Crippen LogP contribution in [0.5, 0.6) is 0 Å². The van der Waals surface area contributed by atoms with Gasteiger partial charge >= 0.3 is 0 Å². The molecule has 0 heterocycles. The molecular formula is C23H43NO4S. The van der Waals surface area contributed by atoms with Gasteiger partial charge in [0.2, 0.25) is 5.12 Å². The highest BCUT2D eigenvalue weighted by molar-refractivity contribution is 8.13. The van der Waals surface area contributed by atoms with Crippen molar-refractivity contribution in [3.8, 4) is 0 Å². The Bertz CT molecular complexity index is 479. The number of hydrogen-bond donors (Lipinski definition) is 2. The number of ketones is 1. The van der Waals surface area contributed by atoms with Gasteiger partial charge in [-0.2, -0.15) is 0 Å². The lowest BCUT2D eigenvalue weighted by atomic mass is 9.78.